The van der Waals surface area contributed by atoms with E-state index in [2.05, 4.69) is 9.97 Å². The van der Waals surface area contributed by atoms with Gasteiger partial charge in [0.1, 0.15) is 0 Å². The van der Waals surface area contributed by atoms with Crippen LogP contribution in [0.3, 0.4) is 0 Å². The van der Waals surface area contributed by atoms with Gasteiger partial charge in [-0.15, -0.1) is 0 Å². The molecule has 2 fully saturated rings. The molecular formula is C23H26N4O5. The molecule has 32 heavy (non-hydrogen) atoms. The number of hydrogen-bond donors (Lipinski definition) is 0. The number of nitrogens with zero attached hydrogens (tertiary/aromatic N) is 4. The number of hydrogen-bond acceptors (Lipinski definition) is 9. The van der Waals surface area contributed by atoms with E-state index in [1.54, 1.807) is 56.1 Å². The zero-order valence-corrected chi connectivity index (χ0v) is 18.5. The Balaban J connectivity index is 2.07. The summed E-state index contributed by atoms with van der Waals surface area (Å²) in [5.41, 5.74) is -1.80. The first-order valence-electron chi connectivity index (χ1n) is 10.3. The molecule has 2 aromatic rings. The number of ketones is 1. The summed E-state index contributed by atoms with van der Waals surface area (Å²) in [7, 11) is 6.14. The maximum atomic E-state index is 14.4. The fraction of sp³-hybridized carbons (Fsp3) is 0.435. The maximum Gasteiger partial charge on any atom is 0.322 e. The normalized spacial score (nSPS) is 30.6. The van der Waals surface area contributed by atoms with Crippen molar-refractivity contribution in [1.82, 2.24) is 19.8 Å². The Labute approximate surface area is 186 Å². The molecule has 9 heteroatoms. The summed E-state index contributed by atoms with van der Waals surface area (Å²) in [6.07, 6.45) is 6.48. The highest BCUT2D eigenvalue weighted by Gasteiger charge is 2.74. The zero-order chi connectivity index (χ0) is 23.1. The summed E-state index contributed by atoms with van der Waals surface area (Å²) in [4.78, 5) is 53.2. The average Bonchev–Trinajstić information content (AvgIpc) is 2.81. The van der Waals surface area contributed by atoms with Gasteiger partial charge in [0.15, 0.2) is 16.6 Å². The summed E-state index contributed by atoms with van der Waals surface area (Å²) in [5, 5.41) is 0. The predicted molar refractivity (Wildman–Crippen MR) is 113 cm³/mol. The van der Waals surface area contributed by atoms with Gasteiger partial charge in [0.2, 0.25) is 0 Å². The van der Waals surface area contributed by atoms with Crippen LogP contribution in [0.1, 0.15) is 23.2 Å². The third-order valence-electron chi connectivity index (χ3n) is 6.74. The van der Waals surface area contributed by atoms with Crippen molar-refractivity contribution in [2.24, 2.45) is 10.8 Å². The Kier molecular flexibility index (Phi) is 5.56. The van der Waals surface area contributed by atoms with Crippen LogP contribution in [0, 0.1) is 10.8 Å². The van der Waals surface area contributed by atoms with Crippen molar-refractivity contribution in [3.8, 4) is 0 Å². The van der Waals surface area contributed by atoms with Gasteiger partial charge in [-0.3, -0.25) is 29.3 Å². The number of aromatic nitrogens is 2. The molecule has 2 bridgehead atoms. The molecule has 0 aromatic carbocycles. The zero-order valence-electron chi connectivity index (χ0n) is 18.5. The molecule has 168 valence electrons. The first kappa shape index (κ1) is 22.0. The van der Waals surface area contributed by atoms with Gasteiger partial charge in [-0.1, -0.05) is 0 Å². The van der Waals surface area contributed by atoms with Crippen LogP contribution in [0.2, 0.25) is 0 Å². The molecule has 0 saturated carbocycles. The third kappa shape index (κ3) is 2.88. The Hall–Kier alpha value is -3.17. The summed E-state index contributed by atoms with van der Waals surface area (Å²) in [6.45, 7) is 0.218. The van der Waals surface area contributed by atoms with E-state index in [1.165, 1.54) is 14.2 Å². The number of Topliss-reactive ketones (excluding diaryl/α,β-unsaturated/α-hetero) is 1. The standard InChI is InChI=1S/C23H26N4O5/c1-26-13-22(20(29)31-3)17(15-5-9-24-10-6-15)27(2)18(16-7-11-25-12-8-16)23(14-26,19(22)28)21(30)32-4/h5-12,17-18H,13-14H2,1-4H3/t17-,18+,22-,23+. The van der Waals surface area contributed by atoms with Gasteiger partial charge in [-0.2, -0.15) is 0 Å². The summed E-state index contributed by atoms with van der Waals surface area (Å²) >= 11 is 0. The number of ether oxygens (including phenoxy) is 2. The molecule has 0 unspecified atom stereocenters. The lowest BCUT2D eigenvalue weighted by atomic mass is 9.54. The van der Waals surface area contributed by atoms with Crippen molar-refractivity contribution < 1.29 is 23.9 Å². The van der Waals surface area contributed by atoms with Crippen LogP contribution in [-0.2, 0) is 23.9 Å². The molecule has 0 amide bonds. The summed E-state index contributed by atoms with van der Waals surface area (Å²) in [5.74, 6) is -1.84. The molecule has 0 aliphatic carbocycles. The molecule has 0 N–H and O–H groups in total. The number of piperidine rings is 2. The molecule has 4 rings (SSSR count). The van der Waals surface area contributed by atoms with Gasteiger partial charge in [-0.05, 0) is 49.5 Å². The monoisotopic (exact) mass is 438 g/mol. The summed E-state index contributed by atoms with van der Waals surface area (Å²) in [6, 6.07) is 5.74. The van der Waals surface area contributed by atoms with Crippen LogP contribution < -0.4 is 0 Å². The van der Waals surface area contributed by atoms with Crippen LogP contribution in [0.15, 0.2) is 49.1 Å². The molecule has 9 nitrogen and oxygen atoms in total. The van der Waals surface area contributed by atoms with E-state index in [0.717, 1.165) is 11.1 Å². The van der Waals surface area contributed by atoms with Gasteiger partial charge >= 0.3 is 11.9 Å². The van der Waals surface area contributed by atoms with Gasteiger partial charge < -0.3 is 14.4 Å². The fourth-order valence-electron chi connectivity index (χ4n) is 5.75. The molecule has 4 heterocycles. The second-order valence-electron chi connectivity index (χ2n) is 8.46. The lowest BCUT2D eigenvalue weighted by molar-refractivity contribution is -0.202. The van der Waals surface area contributed by atoms with Crippen molar-refractivity contribution in [3.63, 3.8) is 0 Å². The quantitative estimate of drug-likeness (QED) is 0.512. The number of esters is 2. The molecule has 0 radical (unpaired) electrons. The van der Waals surface area contributed by atoms with Crippen LogP contribution in [0.4, 0.5) is 0 Å². The highest BCUT2D eigenvalue weighted by atomic mass is 16.5. The Bertz CT molecular complexity index is 954. The molecule has 2 saturated heterocycles. The summed E-state index contributed by atoms with van der Waals surface area (Å²) < 4.78 is 10.4. The van der Waals surface area contributed by atoms with Crippen LogP contribution in [-0.4, -0.2) is 78.9 Å². The smallest absolute Gasteiger partial charge is 0.322 e. The third-order valence-corrected chi connectivity index (χ3v) is 6.74. The Morgan fingerprint density at radius 3 is 1.56 bits per heavy atom. The number of pyridine rings is 2. The van der Waals surface area contributed by atoms with Crippen molar-refractivity contribution in [2.45, 2.75) is 12.1 Å². The first-order chi connectivity index (χ1) is 15.3. The van der Waals surface area contributed by atoms with Crippen LogP contribution in [0.25, 0.3) is 0 Å². The second kappa shape index (κ2) is 8.07. The van der Waals surface area contributed by atoms with Gasteiger partial charge in [0, 0.05) is 37.9 Å². The van der Waals surface area contributed by atoms with Crippen molar-refractivity contribution >= 4 is 17.7 Å². The van der Waals surface area contributed by atoms with E-state index in [9.17, 15) is 14.4 Å². The predicted octanol–water partition coefficient (Wildman–Crippen LogP) is 1.04. The van der Waals surface area contributed by atoms with Gasteiger partial charge in [0.25, 0.3) is 0 Å². The lowest BCUT2D eigenvalue weighted by Gasteiger charge is -2.60. The van der Waals surface area contributed by atoms with Crippen LogP contribution >= 0.6 is 0 Å². The molecule has 2 aliphatic rings. The minimum absolute atomic E-state index is 0.109. The minimum Gasteiger partial charge on any atom is -0.468 e. The number of methoxy groups -OCH3 is 2. The Morgan fingerprint density at radius 2 is 1.22 bits per heavy atom. The lowest BCUT2D eigenvalue weighted by Crippen LogP contribution is -2.75. The van der Waals surface area contributed by atoms with Gasteiger partial charge in [-0.25, -0.2) is 0 Å². The fourth-order valence-corrected chi connectivity index (χ4v) is 5.75. The van der Waals surface area contributed by atoms with E-state index in [1.807, 2.05) is 16.8 Å². The van der Waals surface area contributed by atoms with Crippen molar-refractivity contribution in [2.75, 3.05) is 41.4 Å². The second-order valence-corrected chi connectivity index (χ2v) is 8.46. The molecular weight excluding hydrogens is 412 g/mol. The number of likely N-dealkylation sites (tertiary alicyclic amines) is 2. The SMILES string of the molecule is COC(=O)[C@]12CN(C)C[C@](C(=O)OC)(C1=O)[C@@H](c1ccncc1)N(C)[C@H]2c1ccncc1. The molecule has 4 atom stereocenters. The Morgan fingerprint density at radius 1 is 0.844 bits per heavy atom. The molecule has 0 spiro atoms. The van der Waals surface area contributed by atoms with Gasteiger partial charge in [0.05, 0.1) is 26.3 Å². The number of fused-ring (bicyclic) bond motifs is 2. The molecule has 2 aliphatic heterocycles. The van der Waals surface area contributed by atoms with E-state index in [4.69, 9.17) is 9.47 Å². The number of carbonyl (C=O) groups excluding carboxylic acids is 3. The topological polar surface area (TPSA) is 102 Å². The minimum atomic E-state index is -1.63. The van der Waals surface area contributed by atoms with E-state index in [-0.39, 0.29) is 13.1 Å². The van der Waals surface area contributed by atoms with Crippen molar-refractivity contribution in [1.29, 1.82) is 0 Å². The highest BCUT2D eigenvalue weighted by Crippen LogP contribution is 2.60. The van der Waals surface area contributed by atoms with Crippen LogP contribution in [0.5, 0.6) is 0 Å². The highest BCUT2D eigenvalue weighted by molar-refractivity contribution is 6.17. The number of carbonyl (C=O) groups is 3. The van der Waals surface area contributed by atoms with E-state index in [0.29, 0.717) is 0 Å². The van der Waals surface area contributed by atoms with Crippen molar-refractivity contribution in [3.05, 3.63) is 60.2 Å². The van der Waals surface area contributed by atoms with E-state index >= 15 is 0 Å². The van der Waals surface area contributed by atoms with E-state index < -0.39 is 40.6 Å². The largest absolute Gasteiger partial charge is 0.468 e. The number of rotatable bonds is 4. The maximum absolute atomic E-state index is 14.4. The average molecular weight is 438 g/mol. The molecule has 2 aromatic heterocycles. The first-order valence-corrected chi connectivity index (χ1v) is 10.3.